The van der Waals surface area contributed by atoms with Crippen molar-refractivity contribution in [2.24, 2.45) is 0 Å². The number of hydrogen-bond acceptors (Lipinski definition) is 4. The van der Waals surface area contributed by atoms with Crippen LogP contribution in [-0.4, -0.2) is 19.0 Å². The molecular formula is C11H10O4. The van der Waals surface area contributed by atoms with Gasteiger partial charge in [0.15, 0.2) is 0 Å². The Morgan fingerprint density at radius 3 is 2.40 bits per heavy atom. The number of ether oxygens (including phenoxy) is 2. The molecule has 15 heavy (non-hydrogen) atoms. The number of cyclic esters (lactones) is 2. The van der Waals surface area contributed by atoms with Gasteiger partial charge in [0.25, 0.3) is 0 Å². The summed E-state index contributed by atoms with van der Waals surface area (Å²) in [6.45, 7) is 3.61. The van der Waals surface area contributed by atoms with Gasteiger partial charge in [0.2, 0.25) is 0 Å². The zero-order valence-corrected chi connectivity index (χ0v) is 8.71. The quantitative estimate of drug-likeness (QED) is 0.517. The van der Waals surface area contributed by atoms with Gasteiger partial charge in [0.1, 0.15) is 5.75 Å². The zero-order chi connectivity index (χ0) is 11.2. The molecule has 4 heteroatoms. The van der Waals surface area contributed by atoms with Crippen molar-refractivity contribution in [3.05, 3.63) is 28.3 Å². The molecule has 1 aliphatic heterocycles. The summed E-state index contributed by atoms with van der Waals surface area (Å²) in [5.41, 5.74) is 2.24. The normalized spacial score (nSPS) is 13.8. The molecule has 0 atom stereocenters. The van der Waals surface area contributed by atoms with Gasteiger partial charge in [-0.3, -0.25) is 0 Å². The van der Waals surface area contributed by atoms with Crippen LogP contribution in [0.25, 0.3) is 0 Å². The minimum Gasteiger partial charge on any atom is -0.496 e. The van der Waals surface area contributed by atoms with Crippen molar-refractivity contribution in [3.8, 4) is 5.75 Å². The highest BCUT2D eigenvalue weighted by Gasteiger charge is 2.33. The molecule has 0 N–H and O–H groups in total. The molecule has 1 aromatic carbocycles. The summed E-state index contributed by atoms with van der Waals surface area (Å²) in [4.78, 5) is 22.7. The summed E-state index contributed by atoms with van der Waals surface area (Å²) in [5.74, 6) is -0.576. The van der Waals surface area contributed by atoms with Crippen LogP contribution in [0.5, 0.6) is 5.75 Å². The first-order valence-electron chi connectivity index (χ1n) is 4.51. The molecule has 0 saturated carbocycles. The second-order valence-electron chi connectivity index (χ2n) is 3.43. The Kier molecular flexibility index (Phi) is 2.00. The molecule has 0 unspecified atom stereocenters. The fraction of sp³-hybridized carbons (Fsp3) is 0.273. The molecule has 0 bridgehead atoms. The van der Waals surface area contributed by atoms with E-state index in [1.54, 1.807) is 13.0 Å². The lowest BCUT2D eigenvalue weighted by atomic mass is 9.98. The Bertz CT molecular complexity index is 474. The fourth-order valence-corrected chi connectivity index (χ4v) is 1.71. The molecule has 4 nitrogen and oxygen atoms in total. The Morgan fingerprint density at radius 1 is 1.13 bits per heavy atom. The van der Waals surface area contributed by atoms with Crippen LogP contribution in [0, 0.1) is 13.8 Å². The molecule has 0 aliphatic carbocycles. The highest BCUT2D eigenvalue weighted by Crippen LogP contribution is 2.32. The number of fused-ring (bicyclic) bond motifs is 1. The van der Waals surface area contributed by atoms with Gasteiger partial charge in [-0.25, -0.2) is 9.59 Å². The van der Waals surface area contributed by atoms with Crippen LogP contribution in [0.1, 0.15) is 31.8 Å². The molecule has 1 aliphatic rings. The second kappa shape index (κ2) is 3.08. The molecule has 0 fully saturated rings. The number of esters is 2. The number of carbonyl (C=O) groups is 2. The van der Waals surface area contributed by atoms with Crippen molar-refractivity contribution < 1.29 is 19.1 Å². The first-order valence-corrected chi connectivity index (χ1v) is 4.51. The maximum atomic E-state index is 11.4. The van der Waals surface area contributed by atoms with Gasteiger partial charge in [-0.1, -0.05) is 0 Å². The van der Waals surface area contributed by atoms with E-state index in [2.05, 4.69) is 4.74 Å². The molecule has 78 valence electrons. The van der Waals surface area contributed by atoms with Crippen molar-refractivity contribution in [2.75, 3.05) is 7.11 Å². The van der Waals surface area contributed by atoms with Crippen LogP contribution < -0.4 is 4.74 Å². The summed E-state index contributed by atoms with van der Waals surface area (Å²) >= 11 is 0. The Labute approximate surface area is 86.8 Å². The average Bonchev–Trinajstić information content (AvgIpc) is 2.47. The topological polar surface area (TPSA) is 52.6 Å². The maximum Gasteiger partial charge on any atom is 0.347 e. The number of methoxy groups -OCH3 is 1. The monoisotopic (exact) mass is 206 g/mol. The van der Waals surface area contributed by atoms with Gasteiger partial charge in [0, 0.05) is 0 Å². The standard InChI is InChI=1S/C11H10O4/c1-5-6(2)9-7(4-8(5)14-3)10(12)15-11(9)13/h4H,1-3H3. The van der Waals surface area contributed by atoms with E-state index in [-0.39, 0.29) is 0 Å². The van der Waals surface area contributed by atoms with Crippen molar-refractivity contribution in [3.63, 3.8) is 0 Å². The van der Waals surface area contributed by atoms with E-state index < -0.39 is 11.9 Å². The third-order valence-corrected chi connectivity index (χ3v) is 2.68. The SMILES string of the molecule is COc1cc2c(c(C)c1C)C(=O)OC2=O. The van der Waals surface area contributed by atoms with Crippen LogP contribution in [0.2, 0.25) is 0 Å². The Morgan fingerprint density at radius 2 is 1.80 bits per heavy atom. The number of benzene rings is 1. The lowest BCUT2D eigenvalue weighted by molar-refractivity contribution is 0.0443. The van der Waals surface area contributed by atoms with Crippen molar-refractivity contribution in [1.82, 2.24) is 0 Å². The van der Waals surface area contributed by atoms with Crippen molar-refractivity contribution in [1.29, 1.82) is 0 Å². The second-order valence-corrected chi connectivity index (χ2v) is 3.43. The molecule has 1 heterocycles. The minimum absolute atomic E-state index is 0.292. The van der Waals surface area contributed by atoms with Gasteiger partial charge in [-0.05, 0) is 31.0 Å². The van der Waals surface area contributed by atoms with E-state index in [0.29, 0.717) is 16.9 Å². The largest absolute Gasteiger partial charge is 0.496 e. The van der Waals surface area contributed by atoms with Crippen LogP contribution in [0.4, 0.5) is 0 Å². The van der Waals surface area contributed by atoms with E-state index in [4.69, 9.17) is 4.74 Å². The highest BCUT2D eigenvalue weighted by atomic mass is 16.6. The van der Waals surface area contributed by atoms with Gasteiger partial charge in [-0.15, -0.1) is 0 Å². The van der Waals surface area contributed by atoms with Crippen molar-refractivity contribution >= 4 is 11.9 Å². The summed E-state index contributed by atoms with van der Waals surface area (Å²) in [7, 11) is 1.52. The molecule has 0 aromatic heterocycles. The van der Waals surface area contributed by atoms with Gasteiger partial charge in [-0.2, -0.15) is 0 Å². The molecule has 0 spiro atoms. The van der Waals surface area contributed by atoms with Crippen LogP contribution in [0.3, 0.4) is 0 Å². The van der Waals surface area contributed by atoms with E-state index in [1.807, 2.05) is 6.92 Å². The molecule has 0 saturated heterocycles. The number of carbonyl (C=O) groups excluding carboxylic acids is 2. The minimum atomic E-state index is -0.601. The lowest BCUT2D eigenvalue weighted by Gasteiger charge is -2.09. The summed E-state index contributed by atoms with van der Waals surface area (Å²) in [6.07, 6.45) is 0. The highest BCUT2D eigenvalue weighted by molar-refractivity contribution is 6.15. The van der Waals surface area contributed by atoms with Gasteiger partial charge < -0.3 is 9.47 Å². The lowest BCUT2D eigenvalue weighted by Crippen LogP contribution is -2.01. The fourth-order valence-electron chi connectivity index (χ4n) is 1.71. The van der Waals surface area contributed by atoms with Crippen LogP contribution in [0.15, 0.2) is 6.07 Å². The van der Waals surface area contributed by atoms with Crippen molar-refractivity contribution in [2.45, 2.75) is 13.8 Å². The predicted octanol–water partition coefficient (Wildman–Crippen LogP) is 1.62. The van der Waals surface area contributed by atoms with Crippen LogP contribution >= 0.6 is 0 Å². The first-order chi connectivity index (χ1) is 7.06. The van der Waals surface area contributed by atoms with Gasteiger partial charge in [0.05, 0.1) is 18.2 Å². The summed E-state index contributed by atoms with van der Waals surface area (Å²) in [6, 6.07) is 1.55. The summed E-state index contributed by atoms with van der Waals surface area (Å²) < 4.78 is 9.65. The van der Waals surface area contributed by atoms with E-state index in [0.717, 1.165) is 11.1 Å². The Balaban J connectivity index is 2.77. The number of rotatable bonds is 1. The maximum absolute atomic E-state index is 11.4. The van der Waals surface area contributed by atoms with Crippen LogP contribution in [-0.2, 0) is 4.74 Å². The third-order valence-electron chi connectivity index (χ3n) is 2.68. The molecular weight excluding hydrogens is 196 g/mol. The average molecular weight is 206 g/mol. The summed E-state index contributed by atoms with van der Waals surface area (Å²) in [5, 5.41) is 0. The predicted molar refractivity (Wildman–Crippen MR) is 52.2 cm³/mol. The Hall–Kier alpha value is -1.84. The molecule has 0 amide bonds. The van der Waals surface area contributed by atoms with E-state index in [9.17, 15) is 9.59 Å². The van der Waals surface area contributed by atoms with E-state index in [1.165, 1.54) is 7.11 Å². The molecule has 2 rings (SSSR count). The smallest absolute Gasteiger partial charge is 0.347 e. The number of hydrogen-bond donors (Lipinski definition) is 0. The molecule has 1 aromatic rings. The third kappa shape index (κ3) is 1.21. The zero-order valence-electron chi connectivity index (χ0n) is 8.71. The molecule has 0 radical (unpaired) electrons. The first kappa shape index (κ1) is 9.71. The van der Waals surface area contributed by atoms with E-state index >= 15 is 0 Å². The van der Waals surface area contributed by atoms with Gasteiger partial charge >= 0.3 is 11.9 Å².